The molecule has 5 nitrogen and oxygen atoms in total. The molecule has 1 N–H and O–H groups in total. The SMILES string of the molecule is O=C1C2C3CC(C4Sc5[nH]c(=O)sc5C=C34)C2C(=O)N1c1ccc(F)cc1. The Morgan fingerprint density at radius 2 is 1.81 bits per heavy atom. The normalized spacial score (nSPS) is 33.1. The summed E-state index contributed by atoms with van der Waals surface area (Å²) in [6.07, 6.45) is 2.89. The number of benzene rings is 1. The van der Waals surface area contributed by atoms with E-state index in [1.54, 1.807) is 11.8 Å². The third-order valence-corrected chi connectivity index (χ3v) is 8.63. The van der Waals surface area contributed by atoms with E-state index >= 15 is 0 Å². The van der Waals surface area contributed by atoms with Crippen molar-refractivity contribution in [1.82, 2.24) is 4.98 Å². The zero-order valence-corrected chi connectivity index (χ0v) is 15.5. The van der Waals surface area contributed by atoms with Crippen molar-refractivity contribution in [2.75, 3.05) is 4.90 Å². The van der Waals surface area contributed by atoms with E-state index in [4.69, 9.17) is 0 Å². The topological polar surface area (TPSA) is 70.2 Å². The number of rotatable bonds is 1. The first-order chi connectivity index (χ1) is 13.0. The van der Waals surface area contributed by atoms with Gasteiger partial charge in [0.05, 0.1) is 27.4 Å². The van der Waals surface area contributed by atoms with Crippen LogP contribution in [0.4, 0.5) is 10.1 Å². The fourth-order valence-electron chi connectivity index (χ4n) is 5.26. The van der Waals surface area contributed by atoms with Crippen molar-refractivity contribution in [2.24, 2.45) is 23.7 Å². The van der Waals surface area contributed by atoms with Gasteiger partial charge in [-0.1, -0.05) is 28.7 Å². The van der Waals surface area contributed by atoms with E-state index in [-0.39, 0.29) is 45.6 Å². The van der Waals surface area contributed by atoms with Gasteiger partial charge in [-0.2, -0.15) is 0 Å². The number of carbonyl (C=O) groups excluding carboxylic acids is 2. The highest BCUT2D eigenvalue weighted by Crippen LogP contribution is 2.64. The number of nitrogens with zero attached hydrogens (tertiary/aromatic N) is 1. The van der Waals surface area contributed by atoms with E-state index in [2.05, 4.69) is 11.1 Å². The van der Waals surface area contributed by atoms with Crippen LogP contribution >= 0.6 is 23.1 Å². The molecular formula is C19H13FN2O3S2. The summed E-state index contributed by atoms with van der Waals surface area (Å²) in [5.74, 6) is -1.28. The minimum atomic E-state index is -0.397. The maximum absolute atomic E-state index is 13.2. The average Bonchev–Trinajstić information content (AvgIpc) is 3.35. The molecule has 2 aromatic rings. The van der Waals surface area contributed by atoms with Gasteiger partial charge in [0, 0.05) is 5.25 Å². The van der Waals surface area contributed by atoms with Crippen LogP contribution in [0.1, 0.15) is 11.3 Å². The van der Waals surface area contributed by atoms with E-state index < -0.39 is 5.82 Å². The summed E-state index contributed by atoms with van der Waals surface area (Å²) in [6.45, 7) is 0. The Hall–Kier alpha value is -2.19. The van der Waals surface area contributed by atoms with Crippen molar-refractivity contribution in [1.29, 1.82) is 0 Å². The standard InChI is InChI=1S/C19H13FN2O3S2/c20-7-1-3-8(4-2-7)22-17(23)13-9-5-11(14(13)18(22)24)15-10(9)6-12-16(27-15)21-19(25)26-12/h1-4,6,9,11,13-15H,5H2,(H,21,25). The molecule has 2 bridgehead atoms. The first kappa shape index (κ1) is 15.8. The van der Waals surface area contributed by atoms with Crippen LogP contribution in [0.2, 0.25) is 0 Å². The van der Waals surface area contributed by atoms with Gasteiger partial charge < -0.3 is 4.98 Å². The monoisotopic (exact) mass is 400 g/mol. The molecule has 0 spiro atoms. The van der Waals surface area contributed by atoms with Crippen LogP contribution in [0.3, 0.4) is 0 Å². The van der Waals surface area contributed by atoms with Crippen LogP contribution in [0.15, 0.2) is 39.7 Å². The van der Waals surface area contributed by atoms with Gasteiger partial charge in [0.2, 0.25) is 11.8 Å². The molecule has 0 radical (unpaired) electrons. The molecule has 4 aliphatic rings. The van der Waals surface area contributed by atoms with Crippen LogP contribution in [0.25, 0.3) is 6.08 Å². The fourth-order valence-corrected chi connectivity index (χ4v) is 7.70. The van der Waals surface area contributed by atoms with Crippen LogP contribution in [-0.4, -0.2) is 22.0 Å². The number of halogens is 1. The number of fused-ring (bicyclic) bond motifs is 9. The smallest absolute Gasteiger partial charge is 0.305 e. The molecule has 3 fully saturated rings. The van der Waals surface area contributed by atoms with Crippen molar-refractivity contribution >= 4 is 46.7 Å². The minimum Gasteiger partial charge on any atom is -0.307 e. The summed E-state index contributed by atoms with van der Waals surface area (Å²) in [6, 6.07) is 5.51. The number of carbonyl (C=O) groups is 2. The van der Waals surface area contributed by atoms with Gasteiger partial charge in [-0.3, -0.25) is 19.3 Å². The van der Waals surface area contributed by atoms with Crippen molar-refractivity contribution in [3.8, 4) is 0 Å². The molecule has 27 heavy (non-hydrogen) atoms. The lowest BCUT2D eigenvalue weighted by Crippen LogP contribution is -2.34. The summed E-state index contributed by atoms with van der Waals surface area (Å²) >= 11 is 2.80. The zero-order valence-electron chi connectivity index (χ0n) is 13.8. The van der Waals surface area contributed by atoms with E-state index in [0.29, 0.717) is 5.69 Å². The number of imide groups is 1. The van der Waals surface area contributed by atoms with Crippen LogP contribution in [-0.2, 0) is 9.59 Å². The molecule has 2 aliphatic heterocycles. The van der Waals surface area contributed by atoms with Gasteiger partial charge in [-0.05, 0) is 48.6 Å². The lowest BCUT2D eigenvalue weighted by atomic mass is 9.77. The third kappa shape index (κ3) is 1.97. The summed E-state index contributed by atoms with van der Waals surface area (Å²) in [5.41, 5.74) is 1.63. The quantitative estimate of drug-likeness (QED) is 0.748. The van der Waals surface area contributed by atoms with E-state index in [9.17, 15) is 18.8 Å². The number of H-pyrrole nitrogens is 1. The number of nitrogens with one attached hydrogen (secondary N) is 1. The minimum absolute atomic E-state index is 0.0461. The molecule has 2 amide bonds. The van der Waals surface area contributed by atoms with Gasteiger partial charge in [0.1, 0.15) is 5.82 Å². The summed E-state index contributed by atoms with van der Waals surface area (Å²) in [7, 11) is 0. The lowest BCUT2D eigenvalue weighted by molar-refractivity contribution is -0.123. The van der Waals surface area contributed by atoms with Crippen molar-refractivity contribution in [3.63, 3.8) is 0 Å². The van der Waals surface area contributed by atoms with Crippen molar-refractivity contribution in [2.45, 2.75) is 16.7 Å². The predicted octanol–water partition coefficient (Wildman–Crippen LogP) is 2.89. The molecule has 1 aromatic carbocycles. The van der Waals surface area contributed by atoms with Crippen LogP contribution in [0.5, 0.6) is 0 Å². The Morgan fingerprint density at radius 3 is 2.59 bits per heavy atom. The Kier molecular flexibility index (Phi) is 3.05. The first-order valence-corrected chi connectivity index (χ1v) is 10.5. The first-order valence-electron chi connectivity index (χ1n) is 8.77. The molecular weight excluding hydrogens is 387 g/mol. The maximum atomic E-state index is 13.2. The number of anilines is 1. The molecule has 136 valence electrons. The Labute approximate surface area is 161 Å². The average molecular weight is 400 g/mol. The second kappa shape index (κ2) is 5.20. The number of thiazole rings is 1. The van der Waals surface area contributed by atoms with Crippen LogP contribution in [0, 0.1) is 29.5 Å². The predicted molar refractivity (Wildman–Crippen MR) is 100 cm³/mol. The number of hydrogen-bond acceptors (Lipinski definition) is 5. The van der Waals surface area contributed by atoms with Gasteiger partial charge in [0.25, 0.3) is 0 Å². The summed E-state index contributed by atoms with van der Waals surface area (Å²) in [5, 5.41) is 1.01. The number of aromatic nitrogens is 1. The van der Waals surface area contributed by atoms with Gasteiger partial charge in [0.15, 0.2) is 0 Å². The third-order valence-electron chi connectivity index (χ3n) is 6.23. The van der Waals surface area contributed by atoms with Crippen molar-refractivity contribution < 1.29 is 14.0 Å². The Balaban J connectivity index is 1.41. The molecule has 5 atom stereocenters. The number of hydrogen-bond donors (Lipinski definition) is 1. The molecule has 5 unspecified atom stereocenters. The summed E-state index contributed by atoms with van der Waals surface area (Å²) < 4.78 is 13.2. The van der Waals surface area contributed by atoms with Gasteiger partial charge in [-0.25, -0.2) is 4.39 Å². The molecule has 2 aliphatic carbocycles. The second-order valence-electron chi connectivity index (χ2n) is 7.44. The number of aromatic amines is 1. The molecule has 1 saturated heterocycles. The second-order valence-corrected chi connectivity index (χ2v) is 9.60. The molecule has 2 saturated carbocycles. The maximum Gasteiger partial charge on any atom is 0.305 e. The number of amides is 2. The Morgan fingerprint density at radius 1 is 1.07 bits per heavy atom. The molecule has 3 heterocycles. The summed E-state index contributed by atoms with van der Waals surface area (Å²) in [4.78, 5) is 42.9. The van der Waals surface area contributed by atoms with E-state index in [1.807, 2.05) is 0 Å². The highest BCUT2D eigenvalue weighted by atomic mass is 32.2. The Bertz CT molecular complexity index is 1100. The van der Waals surface area contributed by atoms with Crippen LogP contribution < -0.4 is 9.77 Å². The molecule has 1 aromatic heterocycles. The van der Waals surface area contributed by atoms with Gasteiger partial charge >= 0.3 is 4.87 Å². The fraction of sp³-hybridized carbons (Fsp3) is 0.316. The van der Waals surface area contributed by atoms with E-state index in [0.717, 1.165) is 16.3 Å². The highest BCUT2D eigenvalue weighted by molar-refractivity contribution is 8.00. The molecule has 6 rings (SSSR count). The highest BCUT2D eigenvalue weighted by Gasteiger charge is 2.66. The molecule has 8 heteroatoms. The van der Waals surface area contributed by atoms with Crippen molar-refractivity contribution in [3.05, 3.63) is 50.2 Å². The zero-order chi connectivity index (χ0) is 18.4. The number of thioether (sulfide) groups is 1. The van der Waals surface area contributed by atoms with E-state index in [1.165, 1.54) is 46.1 Å². The lowest BCUT2D eigenvalue weighted by Gasteiger charge is -2.32. The largest absolute Gasteiger partial charge is 0.307 e. The van der Waals surface area contributed by atoms with Gasteiger partial charge in [-0.15, -0.1) is 0 Å².